The molecule has 7 aromatic carbocycles. The number of rotatable bonds is 5. The van der Waals surface area contributed by atoms with E-state index in [9.17, 15) is 0 Å². The van der Waals surface area contributed by atoms with Gasteiger partial charge < -0.3 is 5.73 Å². The predicted molar refractivity (Wildman–Crippen MR) is 203 cm³/mol. The van der Waals surface area contributed by atoms with Gasteiger partial charge in [0.2, 0.25) is 0 Å². The van der Waals surface area contributed by atoms with Crippen LogP contribution in [0.5, 0.6) is 0 Å². The van der Waals surface area contributed by atoms with Crippen LogP contribution in [-0.2, 0) is 6.42 Å². The quantitative estimate of drug-likeness (QED) is 0.154. The summed E-state index contributed by atoms with van der Waals surface area (Å²) in [5.41, 5.74) is 18.6. The van der Waals surface area contributed by atoms with Gasteiger partial charge in [-0.1, -0.05) is 151 Å². The smallest absolute Gasteiger partial charge is 0.0387 e. The third-order valence-corrected chi connectivity index (χ3v) is 9.76. The molecule has 0 aliphatic heterocycles. The van der Waals surface area contributed by atoms with Crippen LogP contribution in [0, 0.1) is 6.92 Å². The first-order valence-corrected chi connectivity index (χ1v) is 16.5. The number of benzene rings is 7. The van der Waals surface area contributed by atoms with E-state index in [0.717, 1.165) is 23.2 Å². The third-order valence-electron chi connectivity index (χ3n) is 9.76. The summed E-state index contributed by atoms with van der Waals surface area (Å²) < 4.78 is 0. The van der Waals surface area contributed by atoms with Crippen molar-refractivity contribution in [3.05, 3.63) is 180 Å². The minimum atomic E-state index is 0.301. The Hall–Kier alpha value is -5.66. The summed E-state index contributed by atoms with van der Waals surface area (Å²) in [6.45, 7) is 4.17. The molecule has 0 amide bonds. The summed E-state index contributed by atoms with van der Waals surface area (Å²) in [7, 11) is 0. The van der Waals surface area contributed by atoms with E-state index in [0.29, 0.717) is 5.92 Å². The van der Waals surface area contributed by atoms with Gasteiger partial charge in [-0.2, -0.15) is 0 Å². The second-order valence-corrected chi connectivity index (χ2v) is 12.7. The van der Waals surface area contributed by atoms with Gasteiger partial charge in [-0.05, 0) is 109 Å². The maximum absolute atomic E-state index is 6.45. The standard InChI is InChI=1S/C46H37N/c1-3-4-22-44(47)34-13-9-12-33(29-34)36-18-10-20-38-37(36)19-11-21-39(38)46-42-16-7-5-14-40(42)45(41-15-6-8-17-43(41)46)35-26-25-31-27-30(2)23-24-32(31)28-35/h3-27,29,35H,28,47H2,1-2H3/b4-3-,44-22-. The Bertz CT molecular complexity index is 2360. The molecule has 2 N–H and O–H groups in total. The van der Waals surface area contributed by atoms with Crippen molar-refractivity contribution < 1.29 is 0 Å². The Morgan fingerprint density at radius 1 is 0.660 bits per heavy atom. The van der Waals surface area contributed by atoms with Crippen molar-refractivity contribution in [2.24, 2.45) is 5.73 Å². The summed E-state index contributed by atoms with van der Waals surface area (Å²) in [4.78, 5) is 0. The van der Waals surface area contributed by atoms with Crippen molar-refractivity contribution >= 4 is 44.1 Å². The zero-order valence-corrected chi connectivity index (χ0v) is 26.9. The van der Waals surface area contributed by atoms with Gasteiger partial charge in [-0.25, -0.2) is 0 Å². The first kappa shape index (κ1) is 28.8. The number of hydrogen-bond donors (Lipinski definition) is 1. The SMILES string of the molecule is C/C=C\C=C(/N)c1cccc(-c2cccc3c(-c4c5ccccc5c(C5C=Cc6cc(C)ccc6C5)c5ccccc45)cccc23)c1. The Morgan fingerprint density at radius 3 is 2.02 bits per heavy atom. The van der Waals surface area contributed by atoms with Crippen molar-refractivity contribution in [1.82, 2.24) is 0 Å². The first-order valence-electron chi connectivity index (χ1n) is 16.5. The lowest BCUT2D eigenvalue weighted by Gasteiger charge is -2.25. The van der Waals surface area contributed by atoms with Crippen molar-refractivity contribution in [2.75, 3.05) is 0 Å². The molecule has 47 heavy (non-hydrogen) atoms. The van der Waals surface area contributed by atoms with Crippen molar-refractivity contribution in [3.63, 3.8) is 0 Å². The first-order chi connectivity index (χ1) is 23.1. The average Bonchev–Trinajstić information content (AvgIpc) is 3.12. The number of allylic oxidation sites excluding steroid dienone is 4. The zero-order valence-electron chi connectivity index (χ0n) is 26.9. The van der Waals surface area contributed by atoms with Gasteiger partial charge in [0.1, 0.15) is 0 Å². The van der Waals surface area contributed by atoms with Gasteiger partial charge in [-0.15, -0.1) is 0 Å². The van der Waals surface area contributed by atoms with E-state index in [1.165, 1.54) is 71.3 Å². The van der Waals surface area contributed by atoms with E-state index >= 15 is 0 Å². The molecule has 1 unspecified atom stereocenters. The Morgan fingerprint density at radius 2 is 1.30 bits per heavy atom. The summed E-state index contributed by atoms with van der Waals surface area (Å²) in [5.74, 6) is 0.301. The molecule has 7 aromatic rings. The zero-order chi connectivity index (χ0) is 31.9. The molecule has 1 aliphatic rings. The Balaban J connectivity index is 1.34. The number of aryl methyl sites for hydroxylation is 1. The molecule has 0 fully saturated rings. The van der Waals surface area contributed by atoms with Crippen LogP contribution in [-0.4, -0.2) is 0 Å². The number of hydrogen-bond acceptors (Lipinski definition) is 1. The number of fused-ring (bicyclic) bond motifs is 4. The Kier molecular flexibility index (Phi) is 7.31. The van der Waals surface area contributed by atoms with E-state index < -0.39 is 0 Å². The highest BCUT2D eigenvalue weighted by atomic mass is 14.6. The summed E-state index contributed by atoms with van der Waals surface area (Å²) in [6.07, 6.45) is 11.7. The molecule has 1 heteroatoms. The second-order valence-electron chi connectivity index (χ2n) is 12.7. The lowest BCUT2D eigenvalue weighted by atomic mass is 9.78. The van der Waals surface area contributed by atoms with Crippen LogP contribution in [0.2, 0.25) is 0 Å². The van der Waals surface area contributed by atoms with E-state index in [1.807, 2.05) is 25.2 Å². The summed E-state index contributed by atoms with van der Waals surface area (Å²) >= 11 is 0. The molecule has 0 saturated carbocycles. The van der Waals surface area contributed by atoms with Gasteiger partial charge in [-0.3, -0.25) is 0 Å². The van der Waals surface area contributed by atoms with E-state index in [-0.39, 0.29) is 0 Å². The Labute approximate surface area is 277 Å². The van der Waals surface area contributed by atoms with Crippen LogP contribution >= 0.6 is 0 Å². The average molecular weight is 604 g/mol. The highest BCUT2D eigenvalue weighted by Crippen LogP contribution is 2.46. The van der Waals surface area contributed by atoms with Crippen LogP contribution in [0.25, 0.3) is 66.3 Å². The minimum Gasteiger partial charge on any atom is -0.398 e. The molecule has 226 valence electrons. The molecule has 0 radical (unpaired) electrons. The normalized spacial score (nSPS) is 14.8. The topological polar surface area (TPSA) is 26.0 Å². The molecular formula is C46H37N. The molecule has 8 rings (SSSR count). The molecule has 1 nitrogen and oxygen atoms in total. The molecule has 0 saturated heterocycles. The number of nitrogens with two attached hydrogens (primary N) is 1. The molecule has 0 aromatic heterocycles. The van der Waals surface area contributed by atoms with Crippen molar-refractivity contribution in [1.29, 1.82) is 0 Å². The fourth-order valence-electron chi connectivity index (χ4n) is 7.57. The minimum absolute atomic E-state index is 0.301. The van der Waals surface area contributed by atoms with Crippen molar-refractivity contribution in [3.8, 4) is 22.3 Å². The van der Waals surface area contributed by atoms with Gasteiger partial charge >= 0.3 is 0 Å². The molecule has 1 atom stereocenters. The van der Waals surface area contributed by atoms with Gasteiger partial charge in [0.25, 0.3) is 0 Å². The van der Waals surface area contributed by atoms with E-state index in [2.05, 4.69) is 146 Å². The monoisotopic (exact) mass is 603 g/mol. The van der Waals surface area contributed by atoms with E-state index in [1.54, 1.807) is 0 Å². The molecule has 0 spiro atoms. The molecule has 1 aliphatic carbocycles. The maximum Gasteiger partial charge on any atom is 0.0387 e. The van der Waals surface area contributed by atoms with E-state index in [4.69, 9.17) is 5.73 Å². The van der Waals surface area contributed by atoms with Gasteiger partial charge in [0.05, 0.1) is 0 Å². The fraction of sp³-hybridized carbons (Fsp3) is 0.0870. The third kappa shape index (κ3) is 5.05. The fourth-order valence-corrected chi connectivity index (χ4v) is 7.57. The van der Waals surface area contributed by atoms with Crippen molar-refractivity contribution in [2.45, 2.75) is 26.2 Å². The maximum atomic E-state index is 6.45. The highest BCUT2D eigenvalue weighted by molar-refractivity contribution is 6.19. The lowest BCUT2D eigenvalue weighted by molar-refractivity contribution is 0.840. The molecule has 0 heterocycles. The predicted octanol–water partition coefficient (Wildman–Crippen LogP) is 12.0. The van der Waals surface area contributed by atoms with Gasteiger partial charge in [0, 0.05) is 11.6 Å². The van der Waals surface area contributed by atoms with Crippen LogP contribution in [0.4, 0.5) is 0 Å². The molecular weight excluding hydrogens is 567 g/mol. The summed E-state index contributed by atoms with van der Waals surface area (Å²) in [6, 6.07) is 46.9. The second kappa shape index (κ2) is 11.9. The molecule has 0 bridgehead atoms. The van der Waals surface area contributed by atoms with Crippen LogP contribution in [0.15, 0.2) is 152 Å². The summed E-state index contributed by atoms with van der Waals surface area (Å²) in [5, 5.41) is 7.73. The van der Waals surface area contributed by atoms with Crippen LogP contribution < -0.4 is 5.73 Å². The largest absolute Gasteiger partial charge is 0.398 e. The lowest BCUT2D eigenvalue weighted by Crippen LogP contribution is -2.08. The van der Waals surface area contributed by atoms with Gasteiger partial charge in [0.15, 0.2) is 0 Å². The van der Waals surface area contributed by atoms with Crippen LogP contribution in [0.1, 0.15) is 40.7 Å². The van der Waals surface area contributed by atoms with Crippen LogP contribution in [0.3, 0.4) is 0 Å². The highest BCUT2D eigenvalue weighted by Gasteiger charge is 2.23.